The number of likely N-dealkylation sites (N-methyl/N-ethyl adjacent to an activating group) is 1. The van der Waals surface area contributed by atoms with Gasteiger partial charge in [0.2, 0.25) is 11.7 Å². The van der Waals surface area contributed by atoms with Crippen LogP contribution in [0.25, 0.3) is 11.4 Å². The molecule has 0 unspecified atom stereocenters. The molecule has 140 valence electrons. The standard InChI is InChI=1S/C18H17F2N5O2/c1-24(11-13-7-9-15(10-8-13)27-18(19)20)16(26)12-25-22-17(21-23-25)14-5-3-2-4-6-14/h2-10,18H,11-12H2,1H3. The molecular formula is C18H17F2N5O2. The van der Waals surface area contributed by atoms with E-state index in [0.717, 1.165) is 11.1 Å². The quantitative estimate of drug-likeness (QED) is 0.637. The molecule has 7 nitrogen and oxygen atoms in total. The van der Waals surface area contributed by atoms with E-state index in [2.05, 4.69) is 20.1 Å². The van der Waals surface area contributed by atoms with Crippen LogP contribution in [0.5, 0.6) is 5.75 Å². The molecular weight excluding hydrogens is 356 g/mol. The van der Waals surface area contributed by atoms with Crippen LogP contribution in [-0.4, -0.2) is 44.7 Å². The number of alkyl halides is 2. The van der Waals surface area contributed by atoms with Crippen LogP contribution in [0.4, 0.5) is 8.78 Å². The van der Waals surface area contributed by atoms with Crippen molar-refractivity contribution in [1.82, 2.24) is 25.1 Å². The van der Waals surface area contributed by atoms with Crippen LogP contribution in [-0.2, 0) is 17.9 Å². The molecule has 27 heavy (non-hydrogen) atoms. The Morgan fingerprint density at radius 3 is 2.52 bits per heavy atom. The van der Waals surface area contributed by atoms with E-state index >= 15 is 0 Å². The van der Waals surface area contributed by atoms with E-state index in [1.807, 2.05) is 30.3 Å². The molecule has 3 rings (SSSR count). The Bertz CT molecular complexity index is 884. The summed E-state index contributed by atoms with van der Waals surface area (Å²) in [5, 5.41) is 12.1. The number of hydrogen-bond acceptors (Lipinski definition) is 5. The Morgan fingerprint density at radius 1 is 1.15 bits per heavy atom. The summed E-state index contributed by atoms with van der Waals surface area (Å²) in [5.41, 5.74) is 1.60. The molecule has 0 spiro atoms. The number of benzene rings is 2. The maximum absolute atomic E-state index is 12.3. The van der Waals surface area contributed by atoms with Gasteiger partial charge in [-0.15, -0.1) is 10.2 Å². The van der Waals surface area contributed by atoms with Crippen molar-refractivity contribution in [2.75, 3.05) is 7.05 Å². The van der Waals surface area contributed by atoms with Gasteiger partial charge in [-0.2, -0.15) is 13.6 Å². The zero-order valence-corrected chi connectivity index (χ0v) is 14.5. The number of halogens is 2. The third-order valence-corrected chi connectivity index (χ3v) is 3.76. The molecule has 3 aromatic rings. The van der Waals surface area contributed by atoms with E-state index in [1.54, 1.807) is 19.2 Å². The Hall–Kier alpha value is -3.36. The third kappa shape index (κ3) is 5.06. The first-order valence-corrected chi connectivity index (χ1v) is 8.12. The second kappa shape index (κ2) is 8.35. The van der Waals surface area contributed by atoms with Crippen LogP contribution in [0, 0.1) is 0 Å². The zero-order chi connectivity index (χ0) is 19.2. The second-order valence-electron chi connectivity index (χ2n) is 5.78. The summed E-state index contributed by atoms with van der Waals surface area (Å²) >= 11 is 0. The predicted octanol–water partition coefficient (Wildman–Crippen LogP) is 2.60. The molecule has 0 fully saturated rings. The summed E-state index contributed by atoms with van der Waals surface area (Å²) in [6, 6.07) is 15.5. The topological polar surface area (TPSA) is 73.1 Å². The Balaban J connectivity index is 1.57. The minimum atomic E-state index is -2.86. The fourth-order valence-corrected chi connectivity index (χ4v) is 2.39. The first-order valence-electron chi connectivity index (χ1n) is 8.12. The van der Waals surface area contributed by atoms with Crippen LogP contribution >= 0.6 is 0 Å². The Kier molecular flexibility index (Phi) is 5.70. The van der Waals surface area contributed by atoms with Crippen molar-refractivity contribution in [3.8, 4) is 17.1 Å². The molecule has 1 heterocycles. The van der Waals surface area contributed by atoms with Gasteiger partial charge in [0.15, 0.2) is 0 Å². The maximum atomic E-state index is 12.3. The van der Waals surface area contributed by atoms with Crippen LogP contribution in [0.3, 0.4) is 0 Å². The largest absolute Gasteiger partial charge is 0.435 e. The van der Waals surface area contributed by atoms with Crippen molar-refractivity contribution in [3.05, 3.63) is 60.2 Å². The van der Waals surface area contributed by atoms with Gasteiger partial charge >= 0.3 is 6.61 Å². The molecule has 0 bridgehead atoms. The van der Waals surface area contributed by atoms with E-state index in [9.17, 15) is 13.6 Å². The molecule has 1 aromatic heterocycles. The highest BCUT2D eigenvalue weighted by atomic mass is 19.3. The number of hydrogen-bond donors (Lipinski definition) is 0. The lowest BCUT2D eigenvalue weighted by Crippen LogP contribution is -2.30. The maximum Gasteiger partial charge on any atom is 0.387 e. The van der Waals surface area contributed by atoms with E-state index in [1.165, 1.54) is 21.8 Å². The Morgan fingerprint density at radius 2 is 1.85 bits per heavy atom. The number of tetrazole rings is 1. The first-order chi connectivity index (χ1) is 13.0. The normalized spacial score (nSPS) is 10.8. The average molecular weight is 373 g/mol. The van der Waals surface area contributed by atoms with Crippen molar-refractivity contribution in [3.63, 3.8) is 0 Å². The van der Waals surface area contributed by atoms with E-state index < -0.39 is 6.61 Å². The van der Waals surface area contributed by atoms with Crippen LogP contribution in [0.2, 0.25) is 0 Å². The van der Waals surface area contributed by atoms with Crippen LogP contribution in [0.1, 0.15) is 5.56 Å². The summed E-state index contributed by atoms with van der Waals surface area (Å²) < 4.78 is 28.6. The molecule has 0 saturated carbocycles. The highest BCUT2D eigenvalue weighted by Crippen LogP contribution is 2.16. The predicted molar refractivity (Wildman–Crippen MR) is 92.8 cm³/mol. The lowest BCUT2D eigenvalue weighted by Gasteiger charge is -2.17. The molecule has 0 atom stereocenters. The molecule has 0 aliphatic heterocycles. The summed E-state index contributed by atoms with van der Waals surface area (Å²) in [6.07, 6.45) is 0. The molecule has 0 aliphatic carbocycles. The highest BCUT2D eigenvalue weighted by molar-refractivity contribution is 5.75. The van der Waals surface area contributed by atoms with Crippen LogP contribution in [0.15, 0.2) is 54.6 Å². The molecule has 0 aliphatic rings. The van der Waals surface area contributed by atoms with Gasteiger partial charge in [0.25, 0.3) is 0 Å². The van der Waals surface area contributed by atoms with Gasteiger partial charge < -0.3 is 9.64 Å². The molecule has 0 N–H and O–H groups in total. The SMILES string of the molecule is CN(Cc1ccc(OC(F)F)cc1)C(=O)Cn1nnc(-c2ccccc2)n1. The summed E-state index contributed by atoms with van der Waals surface area (Å²) in [4.78, 5) is 15.1. The number of nitrogens with zero attached hydrogens (tertiary/aromatic N) is 5. The number of rotatable bonds is 7. The van der Waals surface area contributed by atoms with Crippen LogP contribution < -0.4 is 4.74 Å². The van der Waals surface area contributed by atoms with Gasteiger partial charge in [-0.1, -0.05) is 42.5 Å². The number of carbonyl (C=O) groups excluding carboxylic acids is 1. The van der Waals surface area contributed by atoms with Gasteiger partial charge in [-0.05, 0) is 22.9 Å². The number of aromatic nitrogens is 4. The monoisotopic (exact) mass is 373 g/mol. The van der Waals surface area contributed by atoms with Gasteiger partial charge in [-0.3, -0.25) is 4.79 Å². The van der Waals surface area contributed by atoms with Gasteiger partial charge in [0.05, 0.1) is 0 Å². The number of carbonyl (C=O) groups is 1. The Labute approximate surface area is 154 Å². The molecule has 1 amide bonds. The second-order valence-corrected chi connectivity index (χ2v) is 5.78. The average Bonchev–Trinajstić information content (AvgIpc) is 3.12. The number of amides is 1. The molecule has 0 saturated heterocycles. The lowest BCUT2D eigenvalue weighted by atomic mass is 10.2. The lowest BCUT2D eigenvalue weighted by molar-refractivity contribution is -0.131. The smallest absolute Gasteiger partial charge is 0.387 e. The van der Waals surface area contributed by atoms with E-state index in [0.29, 0.717) is 12.4 Å². The zero-order valence-electron chi connectivity index (χ0n) is 14.5. The van der Waals surface area contributed by atoms with Crippen molar-refractivity contribution in [2.24, 2.45) is 0 Å². The molecule has 0 radical (unpaired) electrons. The highest BCUT2D eigenvalue weighted by Gasteiger charge is 2.13. The fourth-order valence-electron chi connectivity index (χ4n) is 2.39. The summed E-state index contributed by atoms with van der Waals surface area (Å²) in [7, 11) is 1.64. The summed E-state index contributed by atoms with van der Waals surface area (Å²) in [6.45, 7) is -2.60. The number of ether oxygens (including phenoxy) is 1. The minimum Gasteiger partial charge on any atom is -0.435 e. The van der Waals surface area contributed by atoms with Crippen molar-refractivity contribution in [2.45, 2.75) is 19.7 Å². The molecule has 2 aromatic carbocycles. The van der Waals surface area contributed by atoms with Gasteiger partial charge in [0.1, 0.15) is 12.3 Å². The summed E-state index contributed by atoms with van der Waals surface area (Å²) in [5.74, 6) is 0.309. The third-order valence-electron chi connectivity index (χ3n) is 3.76. The van der Waals surface area contributed by atoms with E-state index in [-0.39, 0.29) is 18.2 Å². The van der Waals surface area contributed by atoms with E-state index in [4.69, 9.17) is 0 Å². The van der Waals surface area contributed by atoms with Crippen molar-refractivity contribution < 1.29 is 18.3 Å². The minimum absolute atomic E-state index is 0.0527. The first kappa shape index (κ1) is 18.4. The fraction of sp³-hybridized carbons (Fsp3) is 0.222. The van der Waals surface area contributed by atoms with Gasteiger partial charge in [-0.25, -0.2) is 0 Å². The van der Waals surface area contributed by atoms with Crippen molar-refractivity contribution >= 4 is 5.91 Å². The van der Waals surface area contributed by atoms with Crippen molar-refractivity contribution in [1.29, 1.82) is 0 Å². The van der Waals surface area contributed by atoms with Gasteiger partial charge in [0, 0.05) is 19.2 Å². The molecule has 9 heteroatoms.